The molecule has 0 saturated carbocycles. The number of likely N-dealkylation sites (N-methyl/N-ethyl adjacent to an activating group) is 1. The van der Waals surface area contributed by atoms with E-state index in [9.17, 15) is 4.39 Å². The van der Waals surface area contributed by atoms with E-state index in [4.69, 9.17) is 9.47 Å². The summed E-state index contributed by atoms with van der Waals surface area (Å²) in [5.74, 6) is 0.241. The molecule has 0 heterocycles. The van der Waals surface area contributed by atoms with E-state index in [0.717, 1.165) is 6.54 Å². The third kappa shape index (κ3) is 3.41. The van der Waals surface area contributed by atoms with Gasteiger partial charge in [0.2, 0.25) is 0 Å². The maximum Gasteiger partial charge on any atom is 0.131 e. The van der Waals surface area contributed by atoms with Crippen LogP contribution in [0.15, 0.2) is 18.2 Å². The molecule has 0 bridgehead atoms. The van der Waals surface area contributed by atoms with Crippen LogP contribution in [-0.2, 0) is 4.74 Å². The first-order chi connectivity index (χ1) is 8.13. The number of hydrogen-bond donors (Lipinski definition) is 1. The fourth-order valence-electron chi connectivity index (χ4n) is 1.77. The van der Waals surface area contributed by atoms with Crippen LogP contribution in [0.1, 0.15) is 25.5 Å². The number of methoxy groups -OCH3 is 2. The lowest BCUT2D eigenvalue weighted by atomic mass is 10.0. The molecule has 17 heavy (non-hydrogen) atoms. The second kappa shape index (κ2) is 6.57. The van der Waals surface area contributed by atoms with Crippen molar-refractivity contribution in [1.29, 1.82) is 0 Å². The lowest BCUT2D eigenvalue weighted by molar-refractivity contribution is 0.0823. The summed E-state index contributed by atoms with van der Waals surface area (Å²) >= 11 is 0. The summed E-state index contributed by atoms with van der Waals surface area (Å²) < 4.78 is 24.2. The molecular formula is C13H20FNO2. The van der Waals surface area contributed by atoms with Crippen LogP contribution in [0, 0.1) is 5.82 Å². The normalized spacial score (nSPS) is 14.4. The summed E-state index contributed by atoms with van der Waals surface area (Å²) in [4.78, 5) is 0. The van der Waals surface area contributed by atoms with Gasteiger partial charge < -0.3 is 14.8 Å². The molecule has 0 aromatic heterocycles. The molecule has 0 aliphatic carbocycles. The predicted molar refractivity (Wildman–Crippen MR) is 65.8 cm³/mol. The first-order valence-electron chi connectivity index (χ1n) is 5.73. The van der Waals surface area contributed by atoms with Gasteiger partial charge in [-0.15, -0.1) is 0 Å². The molecule has 2 unspecified atom stereocenters. The average Bonchev–Trinajstić information content (AvgIpc) is 2.35. The molecule has 0 aliphatic heterocycles. The third-order valence-electron chi connectivity index (χ3n) is 2.81. The van der Waals surface area contributed by atoms with Crippen LogP contribution < -0.4 is 10.1 Å². The van der Waals surface area contributed by atoms with Gasteiger partial charge in [0, 0.05) is 18.7 Å². The smallest absolute Gasteiger partial charge is 0.131 e. The number of hydrogen-bond acceptors (Lipinski definition) is 3. The maximum absolute atomic E-state index is 13.9. The Balaban J connectivity index is 3.01. The Bertz CT molecular complexity index is 357. The quantitative estimate of drug-likeness (QED) is 0.830. The number of benzene rings is 1. The second-order valence-electron chi connectivity index (χ2n) is 3.86. The van der Waals surface area contributed by atoms with Gasteiger partial charge in [-0.3, -0.25) is 0 Å². The molecule has 96 valence electrons. The largest absolute Gasteiger partial charge is 0.497 e. The van der Waals surface area contributed by atoms with Crippen molar-refractivity contribution in [3.8, 4) is 5.75 Å². The SMILES string of the molecule is CCNC(c1ccc(OC)cc1F)C(C)OC. The topological polar surface area (TPSA) is 30.5 Å². The van der Waals surface area contributed by atoms with Crippen molar-refractivity contribution >= 4 is 0 Å². The predicted octanol–water partition coefficient (Wildman–Crippen LogP) is 2.52. The van der Waals surface area contributed by atoms with Gasteiger partial charge >= 0.3 is 0 Å². The van der Waals surface area contributed by atoms with E-state index < -0.39 is 0 Å². The van der Waals surface area contributed by atoms with Crippen LogP contribution in [0.5, 0.6) is 5.75 Å². The van der Waals surface area contributed by atoms with Crippen molar-refractivity contribution in [1.82, 2.24) is 5.32 Å². The van der Waals surface area contributed by atoms with E-state index >= 15 is 0 Å². The highest BCUT2D eigenvalue weighted by Crippen LogP contribution is 2.25. The minimum Gasteiger partial charge on any atom is -0.497 e. The van der Waals surface area contributed by atoms with Crippen molar-refractivity contribution in [2.24, 2.45) is 0 Å². The summed E-state index contributed by atoms with van der Waals surface area (Å²) in [6.07, 6.45) is -0.0992. The standard InChI is InChI=1S/C13H20FNO2/c1-5-15-13(9(2)16-3)11-7-6-10(17-4)8-12(11)14/h6-9,13,15H,5H2,1-4H3. The minimum atomic E-state index is -0.279. The zero-order valence-electron chi connectivity index (χ0n) is 10.8. The summed E-state index contributed by atoms with van der Waals surface area (Å²) in [5.41, 5.74) is 0.599. The molecule has 0 saturated heterocycles. The molecule has 1 aromatic carbocycles. The summed E-state index contributed by atoms with van der Waals surface area (Å²) in [6, 6.07) is 4.72. The summed E-state index contributed by atoms with van der Waals surface area (Å²) in [5, 5.41) is 3.22. The number of nitrogens with one attached hydrogen (secondary N) is 1. The van der Waals surface area contributed by atoms with Crippen LogP contribution in [0.4, 0.5) is 4.39 Å². The van der Waals surface area contributed by atoms with Crippen molar-refractivity contribution in [2.75, 3.05) is 20.8 Å². The molecule has 0 fully saturated rings. The highest BCUT2D eigenvalue weighted by molar-refractivity contribution is 5.31. The molecular weight excluding hydrogens is 221 g/mol. The van der Waals surface area contributed by atoms with Crippen molar-refractivity contribution in [3.63, 3.8) is 0 Å². The van der Waals surface area contributed by atoms with E-state index in [-0.39, 0.29) is 18.0 Å². The molecule has 0 radical (unpaired) electrons. The molecule has 0 spiro atoms. The van der Waals surface area contributed by atoms with Gasteiger partial charge in [-0.2, -0.15) is 0 Å². The fourth-order valence-corrected chi connectivity index (χ4v) is 1.77. The number of rotatable bonds is 6. The molecule has 3 nitrogen and oxygen atoms in total. The lowest BCUT2D eigenvalue weighted by Gasteiger charge is -2.24. The van der Waals surface area contributed by atoms with Gasteiger partial charge in [0.1, 0.15) is 11.6 Å². The van der Waals surface area contributed by atoms with E-state index in [1.54, 1.807) is 19.2 Å². The van der Waals surface area contributed by atoms with Crippen molar-refractivity contribution in [2.45, 2.75) is 26.0 Å². The van der Waals surface area contributed by atoms with Crippen LogP contribution in [-0.4, -0.2) is 26.9 Å². The maximum atomic E-state index is 13.9. The molecule has 1 aromatic rings. The monoisotopic (exact) mass is 241 g/mol. The zero-order valence-corrected chi connectivity index (χ0v) is 10.8. The van der Waals surface area contributed by atoms with Crippen LogP contribution in [0.2, 0.25) is 0 Å². The molecule has 1 rings (SSSR count). The van der Waals surface area contributed by atoms with E-state index in [0.29, 0.717) is 11.3 Å². The molecule has 0 amide bonds. The van der Waals surface area contributed by atoms with Crippen LogP contribution in [0.25, 0.3) is 0 Å². The van der Waals surface area contributed by atoms with Gasteiger partial charge in [-0.1, -0.05) is 13.0 Å². The van der Waals surface area contributed by atoms with Gasteiger partial charge in [-0.25, -0.2) is 4.39 Å². The van der Waals surface area contributed by atoms with Gasteiger partial charge in [0.15, 0.2) is 0 Å². The Hall–Kier alpha value is -1.13. The van der Waals surface area contributed by atoms with Crippen LogP contribution in [0.3, 0.4) is 0 Å². The number of ether oxygens (including phenoxy) is 2. The Labute approximate surface area is 102 Å². The number of halogens is 1. The average molecular weight is 241 g/mol. The fraction of sp³-hybridized carbons (Fsp3) is 0.538. The minimum absolute atomic E-state index is 0.0992. The lowest BCUT2D eigenvalue weighted by Crippen LogP contribution is -2.32. The molecule has 4 heteroatoms. The highest BCUT2D eigenvalue weighted by Gasteiger charge is 2.21. The Morgan fingerprint density at radius 1 is 1.35 bits per heavy atom. The van der Waals surface area contributed by atoms with E-state index in [2.05, 4.69) is 5.32 Å². The molecule has 0 aliphatic rings. The molecule has 2 atom stereocenters. The van der Waals surface area contributed by atoms with E-state index in [1.807, 2.05) is 13.8 Å². The van der Waals surface area contributed by atoms with Gasteiger partial charge in [0.25, 0.3) is 0 Å². The Morgan fingerprint density at radius 2 is 2.06 bits per heavy atom. The van der Waals surface area contributed by atoms with Crippen molar-refractivity contribution < 1.29 is 13.9 Å². The van der Waals surface area contributed by atoms with Gasteiger partial charge in [-0.05, 0) is 19.5 Å². The van der Waals surface area contributed by atoms with Crippen LogP contribution >= 0.6 is 0 Å². The Morgan fingerprint density at radius 3 is 2.53 bits per heavy atom. The summed E-state index contributed by atoms with van der Waals surface area (Å²) in [7, 11) is 3.14. The Kier molecular flexibility index (Phi) is 5.38. The first-order valence-corrected chi connectivity index (χ1v) is 5.73. The first kappa shape index (κ1) is 13.9. The zero-order chi connectivity index (χ0) is 12.8. The highest BCUT2D eigenvalue weighted by atomic mass is 19.1. The third-order valence-corrected chi connectivity index (χ3v) is 2.81. The van der Waals surface area contributed by atoms with E-state index in [1.165, 1.54) is 13.2 Å². The van der Waals surface area contributed by atoms with Crippen molar-refractivity contribution in [3.05, 3.63) is 29.6 Å². The van der Waals surface area contributed by atoms with Gasteiger partial charge in [0.05, 0.1) is 19.3 Å². The summed E-state index contributed by atoms with van der Waals surface area (Å²) in [6.45, 7) is 4.65. The second-order valence-corrected chi connectivity index (χ2v) is 3.86. The molecule has 1 N–H and O–H groups in total.